The van der Waals surface area contributed by atoms with Gasteiger partial charge in [-0.05, 0) is 32.0 Å². The van der Waals surface area contributed by atoms with Crippen molar-refractivity contribution in [3.8, 4) is 5.69 Å². The van der Waals surface area contributed by atoms with Crippen LogP contribution in [-0.2, 0) is 13.0 Å². The molecule has 1 aromatic carbocycles. The number of hydrogen-bond acceptors (Lipinski definition) is 6. The maximum atomic E-state index is 4.66. The molecule has 4 aromatic rings. The molecule has 0 N–H and O–H groups in total. The van der Waals surface area contributed by atoms with Crippen molar-refractivity contribution in [1.82, 2.24) is 24.7 Å². The lowest BCUT2D eigenvalue weighted by Gasteiger charge is -2.22. The summed E-state index contributed by atoms with van der Waals surface area (Å²) in [5.41, 5.74) is 8.04. The molecular formula is C21H21N6S. The zero-order valence-corrected chi connectivity index (χ0v) is 16.7. The molecule has 0 fully saturated rings. The van der Waals surface area contributed by atoms with Crippen molar-refractivity contribution in [3.63, 3.8) is 0 Å². The molecule has 0 saturated heterocycles. The van der Waals surface area contributed by atoms with E-state index in [-0.39, 0.29) is 0 Å². The molecule has 0 spiro atoms. The highest BCUT2D eigenvalue weighted by Crippen LogP contribution is 2.16. The van der Waals surface area contributed by atoms with Crippen LogP contribution in [0.5, 0.6) is 0 Å². The topological polar surface area (TPSA) is 59.7 Å². The molecule has 6 nitrogen and oxygen atoms in total. The van der Waals surface area contributed by atoms with E-state index in [4.69, 9.17) is 0 Å². The standard InChI is InChI=1S/C21H21N6S/c1-16-10-17(2)25-21(24-16)26(9-8-19-14-28-15-22-19)12-18-11-23-27(13-18)20-6-4-3-5-7-20/h3-7,10-11,13-14H,8-9,12H2,1-2H3. The Morgan fingerprint density at radius 3 is 2.61 bits per heavy atom. The summed E-state index contributed by atoms with van der Waals surface area (Å²) in [5, 5.41) is 6.55. The summed E-state index contributed by atoms with van der Waals surface area (Å²) in [5.74, 6) is 0.740. The van der Waals surface area contributed by atoms with Crippen molar-refractivity contribution in [2.45, 2.75) is 26.8 Å². The van der Waals surface area contributed by atoms with E-state index < -0.39 is 0 Å². The van der Waals surface area contributed by atoms with Crippen LogP contribution in [-0.4, -0.2) is 31.3 Å². The molecule has 3 aromatic heterocycles. The van der Waals surface area contributed by atoms with Gasteiger partial charge in [0, 0.05) is 48.0 Å². The Labute approximate surface area is 168 Å². The monoisotopic (exact) mass is 389 g/mol. The number of aryl methyl sites for hydroxylation is 2. The quantitative estimate of drug-likeness (QED) is 0.481. The molecule has 0 unspecified atom stereocenters. The number of benzene rings is 1. The van der Waals surface area contributed by atoms with Gasteiger partial charge in [0.25, 0.3) is 0 Å². The van der Waals surface area contributed by atoms with Crippen molar-refractivity contribution in [1.29, 1.82) is 0 Å². The molecule has 3 heterocycles. The maximum absolute atomic E-state index is 4.66. The number of thiazole rings is 1. The highest BCUT2D eigenvalue weighted by molar-refractivity contribution is 7.07. The van der Waals surface area contributed by atoms with Crippen LogP contribution in [0.15, 0.2) is 54.2 Å². The Balaban J connectivity index is 1.57. The SMILES string of the molecule is Cc1cc(C)nc(N(CCc2cs[c]n2)Cc2cnn(-c3ccccc3)c2)n1. The molecule has 0 bridgehead atoms. The van der Waals surface area contributed by atoms with Gasteiger partial charge in [-0.3, -0.25) is 0 Å². The van der Waals surface area contributed by atoms with Crippen LogP contribution in [0.4, 0.5) is 5.95 Å². The van der Waals surface area contributed by atoms with Gasteiger partial charge in [-0.25, -0.2) is 19.6 Å². The summed E-state index contributed by atoms with van der Waals surface area (Å²) in [7, 11) is 0. The number of rotatable bonds is 7. The van der Waals surface area contributed by atoms with E-state index in [1.165, 1.54) is 11.3 Å². The van der Waals surface area contributed by atoms with E-state index in [0.717, 1.165) is 47.2 Å². The minimum absolute atomic E-state index is 0.684. The lowest BCUT2D eigenvalue weighted by Crippen LogP contribution is -2.27. The van der Waals surface area contributed by atoms with E-state index in [2.05, 4.69) is 36.7 Å². The number of nitrogens with zero attached hydrogens (tertiary/aromatic N) is 6. The van der Waals surface area contributed by atoms with E-state index in [0.29, 0.717) is 6.54 Å². The minimum atomic E-state index is 0.684. The Morgan fingerprint density at radius 2 is 1.89 bits per heavy atom. The Kier molecular flexibility index (Phi) is 5.43. The lowest BCUT2D eigenvalue weighted by molar-refractivity contribution is 0.739. The fourth-order valence-electron chi connectivity index (χ4n) is 3.05. The number of aromatic nitrogens is 5. The van der Waals surface area contributed by atoms with E-state index in [1.807, 2.05) is 66.5 Å². The summed E-state index contributed by atoms with van der Waals surface area (Å²) in [4.78, 5) is 15.8. The van der Waals surface area contributed by atoms with E-state index in [1.54, 1.807) is 0 Å². The molecule has 0 atom stereocenters. The molecule has 28 heavy (non-hydrogen) atoms. The van der Waals surface area contributed by atoms with Gasteiger partial charge in [-0.2, -0.15) is 5.10 Å². The van der Waals surface area contributed by atoms with Crippen LogP contribution in [0.2, 0.25) is 0 Å². The van der Waals surface area contributed by atoms with Crippen LogP contribution >= 0.6 is 11.3 Å². The maximum Gasteiger partial charge on any atom is 0.226 e. The van der Waals surface area contributed by atoms with Gasteiger partial charge in [0.15, 0.2) is 5.51 Å². The van der Waals surface area contributed by atoms with Gasteiger partial charge in [-0.1, -0.05) is 18.2 Å². The van der Waals surface area contributed by atoms with Crippen molar-refractivity contribution >= 4 is 17.3 Å². The summed E-state index contributed by atoms with van der Waals surface area (Å²) in [6, 6.07) is 12.1. The highest BCUT2D eigenvalue weighted by atomic mass is 32.1. The molecule has 0 aliphatic rings. The smallest absolute Gasteiger partial charge is 0.226 e. The van der Waals surface area contributed by atoms with Gasteiger partial charge in [0.05, 0.1) is 17.6 Å². The molecule has 0 saturated carbocycles. The third kappa shape index (κ3) is 4.43. The molecule has 0 aliphatic heterocycles. The third-order valence-electron chi connectivity index (χ3n) is 4.36. The first-order chi connectivity index (χ1) is 13.7. The van der Waals surface area contributed by atoms with Crippen molar-refractivity contribution in [3.05, 3.63) is 82.3 Å². The largest absolute Gasteiger partial charge is 0.336 e. The van der Waals surface area contributed by atoms with Crippen LogP contribution < -0.4 is 4.90 Å². The second kappa shape index (κ2) is 8.31. The average molecular weight is 390 g/mol. The van der Waals surface area contributed by atoms with Crippen molar-refractivity contribution < 1.29 is 0 Å². The molecule has 1 radical (unpaired) electrons. The average Bonchev–Trinajstić information content (AvgIpc) is 3.37. The van der Waals surface area contributed by atoms with Crippen LogP contribution in [0, 0.1) is 19.4 Å². The number of hydrogen-bond donors (Lipinski definition) is 0. The second-order valence-electron chi connectivity index (χ2n) is 6.68. The molecular weight excluding hydrogens is 368 g/mol. The molecule has 0 amide bonds. The Morgan fingerprint density at radius 1 is 1.11 bits per heavy atom. The summed E-state index contributed by atoms with van der Waals surface area (Å²) in [6.07, 6.45) is 4.78. The highest BCUT2D eigenvalue weighted by Gasteiger charge is 2.14. The van der Waals surface area contributed by atoms with E-state index >= 15 is 0 Å². The van der Waals surface area contributed by atoms with E-state index in [9.17, 15) is 0 Å². The lowest BCUT2D eigenvalue weighted by atomic mass is 10.2. The normalized spacial score (nSPS) is 10.9. The summed E-state index contributed by atoms with van der Waals surface area (Å²) < 4.78 is 1.89. The zero-order chi connectivity index (χ0) is 19.3. The van der Waals surface area contributed by atoms with Gasteiger partial charge >= 0.3 is 0 Å². The van der Waals surface area contributed by atoms with Gasteiger partial charge < -0.3 is 4.90 Å². The fraction of sp³-hybridized carbons (Fsp3) is 0.238. The van der Waals surface area contributed by atoms with Gasteiger partial charge in [-0.15, -0.1) is 11.3 Å². The molecule has 7 heteroatoms. The minimum Gasteiger partial charge on any atom is -0.336 e. The number of para-hydroxylation sites is 1. The Bertz CT molecular complexity index is 1010. The van der Waals surface area contributed by atoms with Crippen LogP contribution in [0.25, 0.3) is 5.69 Å². The van der Waals surface area contributed by atoms with Crippen molar-refractivity contribution in [2.75, 3.05) is 11.4 Å². The predicted octanol–water partition coefficient (Wildman–Crippen LogP) is 3.79. The van der Waals surface area contributed by atoms with Crippen LogP contribution in [0.1, 0.15) is 22.6 Å². The fourth-order valence-corrected chi connectivity index (χ4v) is 3.58. The first-order valence-corrected chi connectivity index (χ1v) is 10.0. The molecule has 0 aliphatic carbocycles. The Hall–Kier alpha value is -3.06. The zero-order valence-electron chi connectivity index (χ0n) is 15.9. The van der Waals surface area contributed by atoms with Crippen LogP contribution in [0.3, 0.4) is 0 Å². The second-order valence-corrected chi connectivity index (χ2v) is 7.34. The molecule has 141 valence electrons. The predicted molar refractivity (Wildman–Crippen MR) is 111 cm³/mol. The summed E-state index contributed by atoms with van der Waals surface area (Å²) >= 11 is 1.50. The first kappa shape index (κ1) is 18.3. The third-order valence-corrected chi connectivity index (χ3v) is 4.94. The first-order valence-electron chi connectivity index (χ1n) is 9.14. The van der Waals surface area contributed by atoms with Gasteiger partial charge in [0.2, 0.25) is 5.95 Å². The van der Waals surface area contributed by atoms with Gasteiger partial charge in [0.1, 0.15) is 0 Å². The summed E-state index contributed by atoms with van der Waals surface area (Å²) in [6.45, 7) is 5.46. The number of anilines is 1. The molecule has 4 rings (SSSR count). The van der Waals surface area contributed by atoms with Crippen molar-refractivity contribution in [2.24, 2.45) is 0 Å².